The minimum absolute atomic E-state index is 0.0236. The molecule has 1 atom stereocenters. The molecule has 5 heteroatoms. The van der Waals surface area contributed by atoms with Crippen molar-refractivity contribution in [2.24, 2.45) is 5.73 Å². The molecule has 0 saturated carbocycles. The van der Waals surface area contributed by atoms with Crippen molar-refractivity contribution in [2.45, 2.75) is 32.7 Å². The van der Waals surface area contributed by atoms with Gasteiger partial charge >= 0.3 is 0 Å². The largest absolute Gasteiger partial charge is 0.490 e. The number of aromatic nitrogens is 1. The topological polar surface area (TPSA) is 48.1 Å². The molecule has 0 aliphatic carbocycles. The molecule has 1 unspecified atom stereocenters. The lowest BCUT2D eigenvalue weighted by molar-refractivity contribution is 0.305. The van der Waals surface area contributed by atoms with E-state index in [4.69, 9.17) is 10.5 Å². The quantitative estimate of drug-likeness (QED) is 0.890. The van der Waals surface area contributed by atoms with Gasteiger partial charge in [0, 0.05) is 17.3 Å². The average Bonchev–Trinajstić information content (AvgIpc) is 2.77. The lowest BCUT2D eigenvalue weighted by atomic mass is 10.1. The van der Waals surface area contributed by atoms with Gasteiger partial charge in [-0.1, -0.05) is 6.07 Å². The van der Waals surface area contributed by atoms with Crippen LogP contribution < -0.4 is 10.5 Å². The number of thiazole rings is 1. The van der Waals surface area contributed by atoms with Gasteiger partial charge in [0.15, 0.2) is 11.6 Å². The van der Waals surface area contributed by atoms with E-state index in [1.165, 1.54) is 10.9 Å². The zero-order valence-corrected chi connectivity index (χ0v) is 12.5. The van der Waals surface area contributed by atoms with E-state index < -0.39 is 0 Å². The highest BCUT2D eigenvalue weighted by Gasteiger charge is 2.07. The zero-order chi connectivity index (χ0) is 14.5. The van der Waals surface area contributed by atoms with E-state index in [9.17, 15) is 4.39 Å². The summed E-state index contributed by atoms with van der Waals surface area (Å²) in [5.74, 6) is -0.0373. The number of aryl methyl sites for hydroxylation is 1. The molecule has 0 bridgehead atoms. The molecule has 2 aromatic rings. The smallest absolute Gasteiger partial charge is 0.165 e. The first kappa shape index (κ1) is 14.9. The molecule has 0 amide bonds. The van der Waals surface area contributed by atoms with E-state index in [-0.39, 0.29) is 11.9 Å². The van der Waals surface area contributed by atoms with Crippen LogP contribution in [0.15, 0.2) is 23.7 Å². The predicted molar refractivity (Wildman–Crippen MR) is 79.8 cm³/mol. The molecule has 0 aliphatic rings. The van der Waals surface area contributed by atoms with Crippen LogP contribution in [0.4, 0.5) is 4.39 Å². The second kappa shape index (κ2) is 6.81. The van der Waals surface area contributed by atoms with E-state index in [2.05, 4.69) is 4.98 Å². The molecule has 2 rings (SSSR count). The average molecular weight is 294 g/mol. The molecule has 2 N–H and O–H groups in total. The second-order valence-electron chi connectivity index (χ2n) is 4.91. The predicted octanol–water partition coefficient (Wildman–Crippen LogP) is 3.10. The lowest BCUT2D eigenvalue weighted by Crippen LogP contribution is -2.17. The van der Waals surface area contributed by atoms with Crippen molar-refractivity contribution in [3.05, 3.63) is 45.7 Å². The fraction of sp³-hybridized carbons (Fsp3) is 0.400. The van der Waals surface area contributed by atoms with E-state index >= 15 is 0 Å². The minimum atomic E-state index is -0.329. The van der Waals surface area contributed by atoms with Crippen LogP contribution in [0.2, 0.25) is 0 Å². The standard InChI is InChI=1S/C15H19FN2OS/c1-10(17)7-12-3-4-14(13(16)8-12)19-6-5-15-11(2)18-9-20-15/h3-4,8-10H,5-7,17H2,1-2H3. The summed E-state index contributed by atoms with van der Waals surface area (Å²) < 4.78 is 19.4. The number of ether oxygens (including phenoxy) is 1. The Bertz CT molecular complexity index is 569. The van der Waals surface area contributed by atoms with Gasteiger partial charge in [-0.05, 0) is 38.0 Å². The van der Waals surface area contributed by atoms with E-state index in [0.717, 1.165) is 17.7 Å². The van der Waals surface area contributed by atoms with Crippen LogP contribution in [-0.4, -0.2) is 17.6 Å². The maximum atomic E-state index is 13.9. The molecule has 0 radical (unpaired) electrons. The second-order valence-corrected chi connectivity index (χ2v) is 5.84. The van der Waals surface area contributed by atoms with Gasteiger partial charge < -0.3 is 10.5 Å². The molecule has 1 aromatic heterocycles. The summed E-state index contributed by atoms with van der Waals surface area (Å²) in [6.07, 6.45) is 1.41. The van der Waals surface area contributed by atoms with Gasteiger partial charge in [0.1, 0.15) is 0 Å². The maximum absolute atomic E-state index is 13.9. The third-order valence-corrected chi connectivity index (χ3v) is 3.98. The van der Waals surface area contributed by atoms with Crippen molar-refractivity contribution in [2.75, 3.05) is 6.61 Å². The van der Waals surface area contributed by atoms with Crippen LogP contribution in [0, 0.1) is 12.7 Å². The summed E-state index contributed by atoms with van der Waals surface area (Å²) in [5.41, 5.74) is 9.43. The molecule has 1 aromatic carbocycles. The Kier molecular flexibility index (Phi) is 5.09. The Hall–Kier alpha value is -1.46. The molecule has 0 spiro atoms. The molecule has 0 saturated heterocycles. The molecule has 1 heterocycles. The van der Waals surface area contributed by atoms with Crippen LogP contribution in [0.25, 0.3) is 0 Å². The summed E-state index contributed by atoms with van der Waals surface area (Å²) in [7, 11) is 0. The number of nitrogens with zero attached hydrogens (tertiary/aromatic N) is 1. The summed E-state index contributed by atoms with van der Waals surface area (Å²) in [5, 5.41) is 0. The number of halogens is 1. The maximum Gasteiger partial charge on any atom is 0.165 e. The zero-order valence-electron chi connectivity index (χ0n) is 11.7. The summed E-state index contributed by atoms with van der Waals surface area (Å²) in [4.78, 5) is 5.36. The van der Waals surface area contributed by atoms with Gasteiger partial charge in [0.25, 0.3) is 0 Å². The van der Waals surface area contributed by atoms with Gasteiger partial charge in [-0.3, -0.25) is 0 Å². The van der Waals surface area contributed by atoms with E-state index in [1.807, 2.05) is 25.4 Å². The Balaban J connectivity index is 1.91. The van der Waals surface area contributed by atoms with Crippen molar-refractivity contribution in [3.8, 4) is 5.75 Å². The lowest BCUT2D eigenvalue weighted by Gasteiger charge is -2.09. The highest BCUT2D eigenvalue weighted by molar-refractivity contribution is 7.09. The normalized spacial score (nSPS) is 12.4. The van der Waals surface area contributed by atoms with Crippen molar-refractivity contribution in [1.29, 1.82) is 0 Å². The number of hydrogen-bond acceptors (Lipinski definition) is 4. The molecule has 3 nitrogen and oxygen atoms in total. The third-order valence-electron chi connectivity index (χ3n) is 2.99. The Morgan fingerprint density at radius 2 is 2.25 bits per heavy atom. The molecule has 20 heavy (non-hydrogen) atoms. The minimum Gasteiger partial charge on any atom is -0.490 e. The molecule has 108 valence electrons. The highest BCUT2D eigenvalue weighted by Crippen LogP contribution is 2.20. The first-order chi connectivity index (χ1) is 9.56. The molecule has 0 aliphatic heterocycles. The van der Waals surface area contributed by atoms with Gasteiger partial charge in [0.2, 0.25) is 0 Å². The first-order valence-electron chi connectivity index (χ1n) is 6.62. The van der Waals surface area contributed by atoms with Crippen molar-refractivity contribution < 1.29 is 9.13 Å². The fourth-order valence-electron chi connectivity index (χ4n) is 1.98. The monoisotopic (exact) mass is 294 g/mol. The summed E-state index contributed by atoms with van der Waals surface area (Å²) in [6.45, 7) is 4.32. The Labute approximate surface area is 122 Å². The van der Waals surface area contributed by atoms with Crippen LogP contribution in [0.5, 0.6) is 5.75 Å². The number of hydrogen-bond donors (Lipinski definition) is 1. The molecular formula is C15H19FN2OS. The first-order valence-corrected chi connectivity index (χ1v) is 7.50. The van der Waals surface area contributed by atoms with E-state index in [1.54, 1.807) is 17.4 Å². The van der Waals surface area contributed by atoms with Crippen molar-refractivity contribution >= 4 is 11.3 Å². The van der Waals surface area contributed by atoms with Crippen LogP contribution in [-0.2, 0) is 12.8 Å². The number of benzene rings is 1. The third kappa shape index (κ3) is 4.02. The Morgan fingerprint density at radius 3 is 2.85 bits per heavy atom. The van der Waals surface area contributed by atoms with Crippen LogP contribution in [0.1, 0.15) is 23.1 Å². The summed E-state index contributed by atoms with van der Waals surface area (Å²) in [6, 6.07) is 5.05. The fourth-order valence-corrected chi connectivity index (χ4v) is 2.74. The number of rotatable bonds is 6. The van der Waals surface area contributed by atoms with Gasteiger partial charge in [-0.15, -0.1) is 11.3 Å². The SMILES string of the molecule is Cc1ncsc1CCOc1ccc(CC(C)N)cc1F. The molecular weight excluding hydrogens is 275 g/mol. The van der Waals surface area contributed by atoms with Gasteiger partial charge in [0.05, 0.1) is 17.8 Å². The van der Waals surface area contributed by atoms with Crippen LogP contribution >= 0.6 is 11.3 Å². The van der Waals surface area contributed by atoms with Gasteiger partial charge in [-0.2, -0.15) is 0 Å². The van der Waals surface area contributed by atoms with Crippen LogP contribution in [0.3, 0.4) is 0 Å². The van der Waals surface area contributed by atoms with Crippen molar-refractivity contribution in [1.82, 2.24) is 4.98 Å². The van der Waals surface area contributed by atoms with Crippen molar-refractivity contribution in [3.63, 3.8) is 0 Å². The van der Waals surface area contributed by atoms with E-state index in [0.29, 0.717) is 18.8 Å². The van der Waals surface area contributed by atoms with Gasteiger partial charge in [-0.25, -0.2) is 9.37 Å². The summed E-state index contributed by atoms with van der Waals surface area (Å²) >= 11 is 1.60. The molecule has 0 fully saturated rings. The highest BCUT2D eigenvalue weighted by atomic mass is 32.1. The Morgan fingerprint density at radius 1 is 1.45 bits per heavy atom. The number of nitrogens with two attached hydrogens (primary N) is 1.